The maximum absolute atomic E-state index is 13.1. The molecule has 0 bridgehead atoms. The molecule has 1 atom stereocenters. The van der Waals surface area contributed by atoms with E-state index in [1.165, 1.54) is 36.4 Å². The van der Waals surface area contributed by atoms with E-state index in [1.807, 2.05) is 0 Å². The van der Waals surface area contributed by atoms with E-state index in [0.29, 0.717) is 27.8 Å². The molecule has 2 N–H and O–H groups in total. The van der Waals surface area contributed by atoms with Gasteiger partial charge in [-0.1, -0.05) is 30.3 Å². The summed E-state index contributed by atoms with van der Waals surface area (Å²) in [6.07, 6.45) is -1.20. The molecule has 190 valence electrons. The minimum atomic E-state index is -4.00. The van der Waals surface area contributed by atoms with Gasteiger partial charge in [-0.25, -0.2) is 18.0 Å². The summed E-state index contributed by atoms with van der Waals surface area (Å²) in [4.78, 5) is 25.3. The highest BCUT2D eigenvalue weighted by Crippen LogP contribution is 2.41. The fourth-order valence-corrected chi connectivity index (χ4v) is 5.58. The van der Waals surface area contributed by atoms with Crippen LogP contribution in [0.3, 0.4) is 0 Å². The molecule has 10 heteroatoms. The number of sulfonamides is 1. The highest BCUT2D eigenvalue weighted by molar-refractivity contribution is 7.89. The largest absolute Gasteiger partial charge is 0.508 e. The minimum absolute atomic E-state index is 0.0116. The van der Waals surface area contributed by atoms with Gasteiger partial charge in [0.1, 0.15) is 17.1 Å². The molecular formula is C28H19NO8S. The molecule has 2 aromatic heterocycles. The van der Waals surface area contributed by atoms with Gasteiger partial charge in [0.05, 0.1) is 16.0 Å². The molecule has 6 rings (SSSR count). The van der Waals surface area contributed by atoms with Crippen LogP contribution in [0.1, 0.15) is 22.9 Å². The van der Waals surface area contributed by atoms with Crippen molar-refractivity contribution in [1.82, 2.24) is 4.72 Å². The zero-order valence-corrected chi connectivity index (χ0v) is 20.4. The third-order valence-electron chi connectivity index (χ3n) is 6.22. The average Bonchev–Trinajstić information content (AvgIpc) is 2.89. The second-order valence-corrected chi connectivity index (χ2v) is 10.4. The number of hydrogen-bond acceptors (Lipinski definition) is 8. The van der Waals surface area contributed by atoms with Crippen molar-refractivity contribution >= 4 is 21.0 Å². The zero-order chi connectivity index (χ0) is 26.4. The van der Waals surface area contributed by atoms with Gasteiger partial charge in [0.15, 0.2) is 12.0 Å². The number of para-hydroxylation sites is 1. The summed E-state index contributed by atoms with van der Waals surface area (Å²) in [5.41, 5.74) is 0.333. The van der Waals surface area contributed by atoms with E-state index < -0.39 is 27.5 Å². The summed E-state index contributed by atoms with van der Waals surface area (Å²) in [7, 11) is -4.00. The molecular weight excluding hydrogens is 510 g/mol. The molecule has 0 saturated carbocycles. The van der Waals surface area contributed by atoms with Gasteiger partial charge in [-0.05, 0) is 48.0 Å². The van der Waals surface area contributed by atoms with E-state index in [-0.39, 0.29) is 34.0 Å². The summed E-state index contributed by atoms with van der Waals surface area (Å²) >= 11 is 0. The highest BCUT2D eigenvalue weighted by Gasteiger charge is 2.33. The monoisotopic (exact) mass is 529 g/mol. The molecule has 0 radical (unpaired) electrons. The molecule has 9 nitrogen and oxygen atoms in total. The standard InChI is InChI=1S/C28H19NO8S/c30-18-10-11-20-16(14-25(31)35-24(20)15-18)12-17-13-22-26(37-28(17)32)21-8-4-5-9-23(21)36-27(22)29-38(33,34)19-6-2-1-3-7-19/h1-11,13-15,27,29-30H,12H2. The third kappa shape index (κ3) is 4.25. The van der Waals surface area contributed by atoms with E-state index in [1.54, 1.807) is 48.5 Å². The predicted octanol–water partition coefficient (Wildman–Crippen LogP) is 4.08. The molecule has 3 heterocycles. The van der Waals surface area contributed by atoms with Gasteiger partial charge in [-0.2, -0.15) is 4.72 Å². The van der Waals surface area contributed by atoms with Crippen LogP contribution >= 0.6 is 0 Å². The summed E-state index contributed by atoms with van der Waals surface area (Å²) in [6, 6.07) is 21.8. The van der Waals surface area contributed by atoms with Crippen LogP contribution < -0.4 is 20.7 Å². The van der Waals surface area contributed by atoms with Crippen LogP contribution in [0.5, 0.6) is 11.5 Å². The first-order valence-corrected chi connectivity index (χ1v) is 13.0. The fourth-order valence-electron chi connectivity index (χ4n) is 4.47. The van der Waals surface area contributed by atoms with Crippen LogP contribution in [-0.2, 0) is 16.4 Å². The fraction of sp³-hybridized carbons (Fsp3) is 0.0714. The quantitative estimate of drug-likeness (QED) is 0.325. The Morgan fingerprint density at radius 3 is 2.42 bits per heavy atom. The van der Waals surface area contributed by atoms with Crippen molar-refractivity contribution in [2.75, 3.05) is 0 Å². The molecule has 0 spiro atoms. The first-order valence-electron chi connectivity index (χ1n) is 11.5. The van der Waals surface area contributed by atoms with Crippen molar-refractivity contribution in [3.05, 3.63) is 122 Å². The van der Waals surface area contributed by atoms with E-state index in [2.05, 4.69) is 4.72 Å². The Morgan fingerprint density at radius 1 is 0.842 bits per heavy atom. The lowest BCUT2D eigenvalue weighted by atomic mass is 9.98. The number of hydrogen-bond donors (Lipinski definition) is 2. The Labute approximate surface area is 215 Å². The van der Waals surface area contributed by atoms with Gasteiger partial charge >= 0.3 is 11.3 Å². The highest BCUT2D eigenvalue weighted by atomic mass is 32.2. The predicted molar refractivity (Wildman–Crippen MR) is 138 cm³/mol. The summed E-state index contributed by atoms with van der Waals surface area (Å²) < 4.78 is 45.7. The van der Waals surface area contributed by atoms with Crippen LogP contribution in [0.4, 0.5) is 0 Å². The van der Waals surface area contributed by atoms with E-state index >= 15 is 0 Å². The lowest BCUT2D eigenvalue weighted by Crippen LogP contribution is -2.34. The van der Waals surface area contributed by atoms with Crippen LogP contribution in [0.25, 0.3) is 22.3 Å². The van der Waals surface area contributed by atoms with Gasteiger partial charge in [-0.15, -0.1) is 0 Å². The number of ether oxygens (including phenoxy) is 1. The maximum atomic E-state index is 13.1. The summed E-state index contributed by atoms with van der Waals surface area (Å²) in [6.45, 7) is 0. The number of phenols is 1. The summed E-state index contributed by atoms with van der Waals surface area (Å²) in [5.74, 6) is 0.460. The number of phenolic OH excluding ortho intramolecular Hbond substituents is 1. The van der Waals surface area contributed by atoms with E-state index in [0.717, 1.165) is 0 Å². The zero-order valence-electron chi connectivity index (χ0n) is 19.6. The molecule has 1 aliphatic heterocycles. The molecule has 38 heavy (non-hydrogen) atoms. The lowest BCUT2D eigenvalue weighted by molar-refractivity contribution is 0.185. The molecule has 0 aliphatic carbocycles. The first-order chi connectivity index (χ1) is 18.3. The SMILES string of the molecule is O=c1cc(Cc2cc3c(oc2=O)-c2ccccc2OC3NS(=O)(=O)c2ccccc2)c2ccc(O)cc2o1. The van der Waals surface area contributed by atoms with E-state index in [9.17, 15) is 23.1 Å². The second kappa shape index (κ2) is 9.02. The van der Waals surface area contributed by atoms with Crippen molar-refractivity contribution < 1.29 is 27.1 Å². The lowest BCUT2D eigenvalue weighted by Gasteiger charge is -2.28. The van der Waals surface area contributed by atoms with Crippen molar-refractivity contribution in [2.45, 2.75) is 17.5 Å². The normalized spacial score (nSPS) is 14.5. The number of fused-ring (bicyclic) bond motifs is 4. The Morgan fingerprint density at radius 2 is 1.61 bits per heavy atom. The van der Waals surface area contributed by atoms with E-state index in [4.69, 9.17) is 13.6 Å². The molecule has 1 unspecified atom stereocenters. The van der Waals surface area contributed by atoms with Crippen LogP contribution in [0.15, 0.2) is 108 Å². The Bertz CT molecular complexity index is 1930. The maximum Gasteiger partial charge on any atom is 0.339 e. The second-order valence-electron chi connectivity index (χ2n) is 8.72. The molecule has 3 aromatic carbocycles. The Kier molecular flexibility index (Phi) is 5.63. The van der Waals surface area contributed by atoms with Crippen LogP contribution in [0, 0.1) is 0 Å². The number of benzene rings is 3. The Balaban J connectivity index is 1.47. The first kappa shape index (κ1) is 23.7. The molecule has 0 saturated heterocycles. The number of nitrogens with one attached hydrogen (secondary N) is 1. The van der Waals surface area contributed by atoms with Gasteiger partial charge in [0, 0.05) is 29.5 Å². The average molecular weight is 530 g/mol. The van der Waals surface area contributed by atoms with Gasteiger partial charge in [0.25, 0.3) is 0 Å². The van der Waals surface area contributed by atoms with Crippen LogP contribution in [-0.4, -0.2) is 13.5 Å². The third-order valence-corrected chi connectivity index (χ3v) is 7.64. The summed E-state index contributed by atoms with van der Waals surface area (Å²) in [5, 5.41) is 10.3. The molecule has 1 aliphatic rings. The minimum Gasteiger partial charge on any atom is -0.508 e. The van der Waals surface area contributed by atoms with Gasteiger partial charge in [-0.3, -0.25) is 0 Å². The van der Waals surface area contributed by atoms with Crippen molar-refractivity contribution in [2.24, 2.45) is 0 Å². The van der Waals surface area contributed by atoms with Gasteiger partial charge < -0.3 is 18.7 Å². The smallest absolute Gasteiger partial charge is 0.339 e. The molecule has 0 fully saturated rings. The van der Waals surface area contributed by atoms with Crippen LogP contribution in [0.2, 0.25) is 0 Å². The van der Waals surface area contributed by atoms with Crippen molar-refractivity contribution in [3.63, 3.8) is 0 Å². The topological polar surface area (TPSA) is 136 Å². The number of rotatable bonds is 5. The Hall–Kier alpha value is -4.67. The van der Waals surface area contributed by atoms with Crippen molar-refractivity contribution in [1.29, 1.82) is 0 Å². The molecule has 0 amide bonds. The number of aromatic hydroxyl groups is 1. The van der Waals surface area contributed by atoms with Gasteiger partial charge in [0.2, 0.25) is 10.0 Å². The van der Waals surface area contributed by atoms with Crippen molar-refractivity contribution in [3.8, 4) is 22.8 Å². The molecule has 5 aromatic rings.